The first-order valence-corrected chi connectivity index (χ1v) is 13.7. The van der Waals surface area contributed by atoms with Gasteiger partial charge in [-0.25, -0.2) is 12.8 Å². The monoisotopic (exact) mass is 556 g/mol. The van der Waals surface area contributed by atoms with E-state index >= 15 is 0 Å². The van der Waals surface area contributed by atoms with Crippen LogP contribution in [0.4, 0.5) is 18.9 Å². The SMILES string of the molecule is CC(F)(F)C(=O)NC1CC(=O)N(c2ccc3c(-c4ccc(F)cc4)nn(S(C)(=O)=O)c3c2)C1c1ccccc1. The maximum atomic E-state index is 13.7. The zero-order valence-corrected chi connectivity index (χ0v) is 21.6. The van der Waals surface area contributed by atoms with Crippen molar-refractivity contribution in [3.63, 3.8) is 0 Å². The van der Waals surface area contributed by atoms with Crippen molar-refractivity contribution < 1.29 is 31.2 Å². The standard InChI is InChI=1S/C27H23F3N4O4S/c1-27(29,30)26(36)31-21-15-23(35)33(25(21)17-6-4-3-5-7-17)19-12-13-20-22(14-19)34(39(2,37)38)32-24(20)16-8-10-18(28)11-9-16/h3-14,21,25H,15H2,1-2H3,(H,31,36). The van der Waals surface area contributed by atoms with Crippen molar-refractivity contribution in [1.82, 2.24) is 14.5 Å². The lowest BCUT2D eigenvalue weighted by Gasteiger charge is -2.29. The molecule has 0 spiro atoms. The van der Waals surface area contributed by atoms with Crippen LogP contribution in [0.1, 0.15) is 24.9 Å². The molecule has 1 fully saturated rings. The number of carbonyl (C=O) groups excluding carboxylic acids is 2. The lowest BCUT2D eigenvalue weighted by molar-refractivity contribution is -0.143. The third-order valence-electron chi connectivity index (χ3n) is 6.52. The van der Waals surface area contributed by atoms with Crippen LogP contribution in [0.15, 0.2) is 72.8 Å². The van der Waals surface area contributed by atoms with Crippen molar-refractivity contribution in [2.24, 2.45) is 0 Å². The predicted molar refractivity (Wildman–Crippen MR) is 139 cm³/mol. The number of alkyl halides is 2. The largest absolute Gasteiger partial charge is 0.345 e. The highest BCUT2D eigenvalue weighted by atomic mass is 32.2. The number of anilines is 1. The van der Waals surface area contributed by atoms with Crippen molar-refractivity contribution in [1.29, 1.82) is 0 Å². The fourth-order valence-electron chi connectivity index (χ4n) is 4.80. The molecule has 2 atom stereocenters. The number of hydrogen-bond donors (Lipinski definition) is 1. The number of carbonyl (C=O) groups is 2. The van der Waals surface area contributed by atoms with Crippen molar-refractivity contribution in [3.8, 4) is 11.3 Å². The summed E-state index contributed by atoms with van der Waals surface area (Å²) in [5.74, 6) is -6.06. The molecule has 3 aromatic carbocycles. The molecule has 2 heterocycles. The fraction of sp³-hybridized carbons (Fsp3) is 0.222. The van der Waals surface area contributed by atoms with E-state index in [2.05, 4.69) is 10.4 Å². The maximum absolute atomic E-state index is 13.7. The Morgan fingerprint density at radius 1 is 1.05 bits per heavy atom. The molecular weight excluding hydrogens is 533 g/mol. The minimum atomic E-state index is -3.90. The van der Waals surface area contributed by atoms with Gasteiger partial charge in [0.15, 0.2) is 0 Å². The topological polar surface area (TPSA) is 101 Å². The first-order chi connectivity index (χ1) is 18.3. The Balaban J connectivity index is 1.65. The number of fused-ring (bicyclic) bond motifs is 1. The highest BCUT2D eigenvalue weighted by Crippen LogP contribution is 2.40. The van der Waals surface area contributed by atoms with Gasteiger partial charge in [0.1, 0.15) is 11.5 Å². The highest BCUT2D eigenvalue weighted by Gasteiger charge is 2.45. The third-order valence-corrected chi connectivity index (χ3v) is 7.43. The number of benzene rings is 3. The molecule has 0 aliphatic carbocycles. The van der Waals surface area contributed by atoms with Gasteiger partial charge < -0.3 is 10.2 Å². The molecule has 2 unspecified atom stereocenters. The second-order valence-corrected chi connectivity index (χ2v) is 11.3. The van der Waals surface area contributed by atoms with Crippen molar-refractivity contribution in [3.05, 3.63) is 84.2 Å². The molecule has 0 bridgehead atoms. The minimum Gasteiger partial charge on any atom is -0.345 e. The van der Waals surface area contributed by atoms with Gasteiger partial charge >= 0.3 is 5.92 Å². The summed E-state index contributed by atoms with van der Waals surface area (Å²) in [6.45, 7) is 0.480. The average Bonchev–Trinajstić information content (AvgIpc) is 3.41. The van der Waals surface area contributed by atoms with Crippen LogP contribution >= 0.6 is 0 Å². The molecule has 39 heavy (non-hydrogen) atoms. The van der Waals surface area contributed by atoms with Crippen molar-refractivity contribution >= 4 is 38.4 Å². The number of aromatic nitrogens is 2. The lowest BCUT2D eigenvalue weighted by atomic mass is 9.99. The number of nitrogens with one attached hydrogen (secondary N) is 1. The van der Waals surface area contributed by atoms with E-state index in [1.807, 2.05) is 0 Å². The molecule has 1 aliphatic heterocycles. The summed E-state index contributed by atoms with van der Waals surface area (Å²) in [7, 11) is -3.90. The number of rotatable bonds is 6. The van der Waals surface area contributed by atoms with Gasteiger partial charge in [0.05, 0.1) is 23.9 Å². The quantitative estimate of drug-likeness (QED) is 0.382. The molecule has 0 radical (unpaired) electrons. The van der Waals surface area contributed by atoms with Crippen LogP contribution < -0.4 is 10.2 Å². The number of amides is 2. The molecule has 12 heteroatoms. The summed E-state index contributed by atoms with van der Waals surface area (Å²) < 4.78 is 67.0. The molecule has 1 N–H and O–H groups in total. The molecule has 1 aromatic heterocycles. The Hall–Kier alpha value is -4.19. The second-order valence-electron chi connectivity index (χ2n) is 9.45. The lowest BCUT2D eigenvalue weighted by Crippen LogP contribution is -2.46. The van der Waals surface area contributed by atoms with E-state index in [1.165, 1.54) is 35.2 Å². The van der Waals surface area contributed by atoms with Crippen molar-refractivity contribution in [2.75, 3.05) is 11.2 Å². The van der Waals surface area contributed by atoms with Crippen LogP contribution in [0.5, 0.6) is 0 Å². The van der Waals surface area contributed by atoms with Gasteiger partial charge in [-0.2, -0.15) is 18.0 Å². The summed E-state index contributed by atoms with van der Waals surface area (Å²) in [4.78, 5) is 26.8. The summed E-state index contributed by atoms with van der Waals surface area (Å²) in [5, 5.41) is 7.01. The number of halogens is 3. The van der Waals surface area contributed by atoms with Crippen LogP contribution in [0.25, 0.3) is 22.2 Å². The van der Waals surface area contributed by atoms with Gasteiger partial charge in [-0.3, -0.25) is 9.59 Å². The van der Waals surface area contributed by atoms with Gasteiger partial charge in [0.2, 0.25) is 5.91 Å². The van der Waals surface area contributed by atoms with Gasteiger partial charge in [0, 0.05) is 30.0 Å². The van der Waals surface area contributed by atoms with Gasteiger partial charge in [0.25, 0.3) is 15.9 Å². The van der Waals surface area contributed by atoms with Crippen LogP contribution in [0.2, 0.25) is 0 Å². The molecule has 5 rings (SSSR count). The molecular formula is C27H23F3N4O4S. The first-order valence-electron chi connectivity index (χ1n) is 11.9. The Morgan fingerprint density at radius 3 is 2.33 bits per heavy atom. The van der Waals surface area contributed by atoms with E-state index < -0.39 is 45.7 Å². The van der Waals surface area contributed by atoms with E-state index in [1.54, 1.807) is 42.5 Å². The predicted octanol–water partition coefficient (Wildman–Crippen LogP) is 4.27. The minimum absolute atomic E-state index is 0.168. The first kappa shape index (κ1) is 26.4. The highest BCUT2D eigenvalue weighted by molar-refractivity contribution is 7.89. The Labute approximate surface area is 222 Å². The zero-order chi connectivity index (χ0) is 28.1. The van der Waals surface area contributed by atoms with Crippen LogP contribution in [-0.2, 0) is 19.6 Å². The Bertz CT molecular complexity index is 1680. The van der Waals surface area contributed by atoms with E-state index in [4.69, 9.17) is 0 Å². The van der Waals surface area contributed by atoms with Gasteiger partial charge in [-0.05, 0) is 48.0 Å². The van der Waals surface area contributed by atoms with E-state index in [0.717, 1.165) is 10.3 Å². The smallest absolute Gasteiger partial charge is 0.321 e. The number of hydrogen-bond acceptors (Lipinski definition) is 5. The van der Waals surface area contributed by atoms with E-state index in [-0.39, 0.29) is 17.6 Å². The van der Waals surface area contributed by atoms with E-state index in [9.17, 15) is 31.2 Å². The fourth-order valence-corrected chi connectivity index (χ4v) is 5.53. The molecule has 1 aliphatic rings. The average molecular weight is 557 g/mol. The summed E-state index contributed by atoms with van der Waals surface area (Å²) in [5.41, 5.74) is 1.83. The maximum Gasteiger partial charge on any atom is 0.321 e. The van der Waals surface area contributed by atoms with Gasteiger partial charge in [-0.1, -0.05) is 30.3 Å². The van der Waals surface area contributed by atoms with E-state index in [0.29, 0.717) is 29.1 Å². The van der Waals surface area contributed by atoms with Crippen LogP contribution in [0, 0.1) is 5.82 Å². The molecule has 1 saturated heterocycles. The normalized spacial score (nSPS) is 18.1. The summed E-state index contributed by atoms with van der Waals surface area (Å²) in [6.07, 6.45) is 0.733. The molecule has 8 nitrogen and oxygen atoms in total. The molecule has 0 saturated carbocycles. The van der Waals surface area contributed by atoms with Gasteiger partial charge in [-0.15, -0.1) is 0 Å². The number of nitrogens with zero attached hydrogens (tertiary/aromatic N) is 3. The summed E-state index contributed by atoms with van der Waals surface area (Å²) >= 11 is 0. The Morgan fingerprint density at radius 2 is 1.72 bits per heavy atom. The molecule has 202 valence electrons. The second kappa shape index (κ2) is 9.53. The summed E-state index contributed by atoms with van der Waals surface area (Å²) in [6, 6.07) is 16.9. The van der Waals surface area contributed by atoms with Crippen molar-refractivity contribution in [2.45, 2.75) is 31.4 Å². The zero-order valence-electron chi connectivity index (χ0n) is 20.8. The molecule has 4 aromatic rings. The third kappa shape index (κ3) is 4.99. The Kier molecular flexibility index (Phi) is 6.45. The van der Waals surface area contributed by atoms with Crippen LogP contribution in [-0.4, -0.2) is 47.6 Å². The van der Waals surface area contributed by atoms with Crippen LogP contribution in [0.3, 0.4) is 0 Å². The molecule has 2 amide bonds.